The fraction of sp³-hybridized carbons (Fsp3) is 0.0833. The molecule has 0 atom stereocenters. The average molecular weight is 224 g/mol. The molecule has 1 aromatic heterocycles. The van der Waals surface area contributed by atoms with Gasteiger partial charge in [0.05, 0.1) is 6.33 Å². The Kier molecular flexibility index (Phi) is 2.76. The molecule has 0 aliphatic carbocycles. The minimum absolute atomic E-state index is 0.118. The first-order valence-corrected chi connectivity index (χ1v) is 4.88. The minimum atomic E-state index is 0.118. The van der Waals surface area contributed by atoms with E-state index in [-0.39, 0.29) is 17.1 Å². The van der Waals surface area contributed by atoms with Crippen molar-refractivity contribution >= 4 is 0 Å². The normalized spacial score (nSPS) is 9.53. The average Bonchev–Trinajstić information content (AvgIpc) is 2.71. The van der Waals surface area contributed by atoms with E-state index in [1.54, 1.807) is 22.8 Å². The molecule has 0 saturated heterocycles. The predicted octanol–water partition coefficient (Wildman–Crippen LogP) is 1.38. The monoisotopic (exact) mass is 224 g/mol. The maximum absolute atomic E-state index is 9.33. The van der Waals surface area contributed by atoms with Gasteiger partial charge in [0.25, 0.3) is 0 Å². The maximum Gasteiger partial charge on any atom is 0.176 e. The Morgan fingerprint density at radius 2 is 2.12 bits per heavy atom. The Hall–Kier alpha value is -2.79. The van der Waals surface area contributed by atoms with E-state index in [4.69, 9.17) is 10.5 Å². The second-order valence-corrected chi connectivity index (χ2v) is 3.46. The fourth-order valence-electron chi connectivity index (χ4n) is 1.55. The van der Waals surface area contributed by atoms with E-state index in [9.17, 15) is 5.11 Å². The van der Waals surface area contributed by atoms with Gasteiger partial charge in [0, 0.05) is 6.54 Å². The van der Waals surface area contributed by atoms with Crippen LogP contribution < -0.4 is 0 Å². The molecule has 2 rings (SSSR count). The Balaban J connectivity index is 2.35. The molecule has 2 aromatic rings. The van der Waals surface area contributed by atoms with Crippen molar-refractivity contribution in [2.24, 2.45) is 0 Å². The van der Waals surface area contributed by atoms with E-state index < -0.39 is 0 Å². The van der Waals surface area contributed by atoms with Crippen LogP contribution in [0.3, 0.4) is 0 Å². The van der Waals surface area contributed by atoms with Crippen LogP contribution in [-0.2, 0) is 6.54 Å². The van der Waals surface area contributed by atoms with E-state index in [0.717, 1.165) is 5.56 Å². The molecule has 0 fully saturated rings. The first-order valence-electron chi connectivity index (χ1n) is 4.88. The van der Waals surface area contributed by atoms with Gasteiger partial charge < -0.3 is 9.67 Å². The molecule has 5 heteroatoms. The molecule has 0 spiro atoms. The molecule has 0 aliphatic heterocycles. The van der Waals surface area contributed by atoms with Crippen LogP contribution in [0.1, 0.15) is 17.0 Å². The largest absolute Gasteiger partial charge is 0.508 e. The van der Waals surface area contributed by atoms with Crippen LogP contribution in [0, 0.1) is 22.7 Å². The lowest BCUT2D eigenvalue weighted by Gasteiger charge is -2.04. The number of aromatic hydroxyl groups is 1. The van der Waals surface area contributed by atoms with Crippen LogP contribution in [0.25, 0.3) is 0 Å². The molecule has 1 N–H and O–H groups in total. The van der Waals surface area contributed by atoms with Gasteiger partial charge in [0.1, 0.15) is 17.9 Å². The minimum Gasteiger partial charge on any atom is -0.508 e. The summed E-state index contributed by atoms with van der Waals surface area (Å²) in [5.74, 6) is 0.168. The highest BCUT2D eigenvalue weighted by molar-refractivity contribution is 5.37. The highest BCUT2D eigenvalue weighted by Gasteiger charge is 2.09. The molecule has 82 valence electrons. The van der Waals surface area contributed by atoms with Crippen molar-refractivity contribution in [1.82, 2.24) is 9.55 Å². The van der Waals surface area contributed by atoms with E-state index in [1.807, 2.05) is 18.2 Å². The number of hydrogen-bond donors (Lipinski definition) is 1. The molecule has 0 aliphatic rings. The zero-order valence-electron chi connectivity index (χ0n) is 8.83. The molecule has 0 amide bonds. The topological polar surface area (TPSA) is 85.6 Å². The number of nitrogens with zero attached hydrogens (tertiary/aromatic N) is 4. The van der Waals surface area contributed by atoms with Gasteiger partial charge in [-0.1, -0.05) is 12.1 Å². The summed E-state index contributed by atoms with van der Waals surface area (Å²) in [6, 6.07) is 10.5. The standard InChI is InChI=1S/C12H8N4O/c13-5-11-12(6-14)16(8-15-11)7-9-2-1-3-10(17)4-9/h1-4,8,17H,7H2. The number of phenols is 1. The molecular formula is C12H8N4O. The summed E-state index contributed by atoms with van der Waals surface area (Å²) < 4.78 is 1.58. The van der Waals surface area contributed by atoms with Gasteiger partial charge in [-0.25, -0.2) is 4.98 Å². The highest BCUT2D eigenvalue weighted by Crippen LogP contribution is 2.14. The van der Waals surface area contributed by atoms with Crippen LogP contribution in [0.2, 0.25) is 0 Å². The van der Waals surface area contributed by atoms with Crippen molar-refractivity contribution in [2.75, 3.05) is 0 Å². The quantitative estimate of drug-likeness (QED) is 0.834. The highest BCUT2D eigenvalue weighted by atomic mass is 16.3. The summed E-state index contributed by atoms with van der Waals surface area (Å²) in [6.45, 7) is 0.395. The predicted molar refractivity (Wildman–Crippen MR) is 58.9 cm³/mol. The molecule has 0 saturated carbocycles. The van der Waals surface area contributed by atoms with Crippen molar-refractivity contribution in [1.29, 1.82) is 10.5 Å². The first-order chi connectivity index (χ1) is 8.24. The Bertz CT molecular complexity index is 631. The summed E-state index contributed by atoms with van der Waals surface area (Å²) >= 11 is 0. The van der Waals surface area contributed by atoms with Crippen molar-refractivity contribution in [2.45, 2.75) is 6.54 Å². The Labute approximate surface area is 97.8 Å². The number of nitriles is 2. The van der Waals surface area contributed by atoms with Crippen molar-refractivity contribution < 1.29 is 5.11 Å². The summed E-state index contributed by atoms with van der Waals surface area (Å²) in [6.07, 6.45) is 1.45. The molecule has 17 heavy (non-hydrogen) atoms. The van der Waals surface area contributed by atoms with Gasteiger partial charge >= 0.3 is 0 Å². The number of benzene rings is 1. The lowest BCUT2D eigenvalue weighted by atomic mass is 10.2. The lowest BCUT2D eigenvalue weighted by molar-refractivity contribution is 0.474. The SMILES string of the molecule is N#Cc1ncn(Cc2cccc(O)c2)c1C#N. The zero-order valence-corrected chi connectivity index (χ0v) is 8.83. The van der Waals surface area contributed by atoms with Crippen LogP contribution in [0.15, 0.2) is 30.6 Å². The van der Waals surface area contributed by atoms with E-state index in [0.29, 0.717) is 6.54 Å². The Morgan fingerprint density at radius 1 is 1.29 bits per heavy atom. The van der Waals surface area contributed by atoms with Crippen LogP contribution >= 0.6 is 0 Å². The first kappa shape index (κ1) is 10.7. The maximum atomic E-state index is 9.33. The van der Waals surface area contributed by atoms with Crippen molar-refractivity contribution in [3.8, 4) is 17.9 Å². The number of aromatic nitrogens is 2. The number of hydrogen-bond acceptors (Lipinski definition) is 4. The third kappa shape index (κ3) is 2.09. The molecule has 0 unspecified atom stereocenters. The van der Waals surface area contributed by atoms with Crippen LogP contribution in [0.4, 0.5) is 0 Å². The zero-order chi connectivity index (χ0) is 12.3. The van der Waals surface area contributed by atoms with E-state index in [1.165, 1.54) is 6.33 Å². The Morgan fingerprint density at radius 3 is 2.76 bits per heavy atom. The van der Waals surface area contributed by atoms with Crippen LogP contribution in [0.5, 0.6) is 5.75 Å². The number of rotatable bonds is 2. The van der Waals surface area contributed by atoms with Gasteiger partial charge in [-0.3, -0.25) is 0 Å². The molecule has 5 nitrogen and oxygen atoms in total. The molecule has 1 aromatic carbocycles. The summed E-state index contributed by atoms with van der Waals surface area (Å²) in [7, 11) is 0. The van der Waals surface area contributed by atoms with Gasteiger partial charge in [-0.15, -0.1) is 0 Å². The second kappa shape index (κ2) is 4.38. The van der Waals surface area contributed by atoms with E-state index >= 15 is 0 Å². The summed E-state index contributed by atoms with van der Waals surface area (Å²) in [5, 5.41) is 27.0. The molecular weight excluding hydrogens is 216 g/mol. The van der Waals surface area contributed by atoms with E-state index in [2.05, 4.69) is 4.98 Å². The van der Waals surface area contributed by atoms with Crippen molar-refractivity contribution in [3.05, 3.63) is 47.5 Å². The second-order valence-electron chi connectivity index (χ2n) is 3.46. The van der Waals surface area contributed by atoms with Gasteiger partial charge in [0.2, 0.25) is 0 Å². The summed E-state index contributed by atoms with van der Waals surface area (Å²) in [4.78, 5) is 3.84. The lowest BCUT2D eigenvalue weighted by Crippen LogP contribution is -2.01. The third-order valence-electron chi connectivity index (χ3n) is 2.31. The number of phenolic OH excluding ortho intramolecular Hbond substituents is 1. The summed E-state index contributed by atoms with van der Waals surface area (Å²) in [5.41, 5.74) is 1.19. The molecule has 1 heterocycles. The van der Waals surface area contributed by atoms with Crippen LogP contribution in [-0.4, -0.2) is 14.7 Å². The van der Waals surface area contributed by atoms with Crippen molar-refractivity contribution in [3.63, 3.8) is 0 Å². The van der Waals surface area contributed by atoms with Gasteiger partial charge in [-0.2, -0.15) is 10.5 Å². The number of imidazole rings is 1. The van der Waals surface area contributed by atoms with Gasteiger partial charge in [-0.05, 0) is 17.7 Å². The molecule has 0 bridgehead atoms. The molecule has 0 radical (unpaired) electrons. The third-order valence-corrected chi connectivity index (χ3v) is 2.31. The smallest absolute Gasteiger partial charge is 0.176 e. The van der Waals surface area contributed by atoms with Gasteiger partial charge in [0.15, 0.2) is 11.4 Å². The fourth-order valence-corrected chi connectivity index (χ4v) is 1.55.